The molecule has 1 aromatic carbocycles. The van der Waals surface area contributed by atoms with Gasteiger partial charge in [0.25, 0.3) is 0 Å². The molecule has 0 bridgehead atoms. The normalized spacial score (nSPS) is 10.2. The maximum absolute atomic E-state index is 5.77. The van der Waals surface area contributed by atoms with Crippen LogP contribution in [0.3, 0.4) is 0 Å². The van der Waals surface area contributed by atoms with Gasteiger partial charge in [-0.2, -0.15) is 0 Å². The lowest BCUT2D eigenvalue weighted by molar-refractivity contribution is 0.412. The second-order valence-corrected chi connectivity index (χ2v) is 4.84. The number of nitrogens with zero attached hydrogens (tertiary/aromatic N) is 2. The van der Waals surface area contributed by atoms with Crippen LogP contribution in [0.2, 0.25) is 5.28 Å². The van der Waals surface area contributed by atoms with Gasteiger partial charge in [0.15, 0.2) is 0 Å². The Morgan fingerprint density at radius 1 is 1.39 bits per heavy atom. The Bertz CT molecular complexity index is 577. The Balaban J connectivity index is 2.31. The molecule has 4 nitrogen and oxygen atoms in total. The third kappa shape index (κ3) is 2.91. The molecule has 0 aliphatic rings. The van der Waals surface area contributed by atoms with Crippen molar-refractivity contribution in [3.05, 3.63) is 39.7 Å². The van der Waals surface area contributed by atoms with Crippen LogP contribution in [-0.2, 0) is 0 Å². The zero-order chi connectivity index (χ0) is 13.1. The van der Waals surface area contributed by atoms with Crippen LogP contribution in [0.5, 0.6) is 5.75 Å². The SMILES string of the molecule is COc1cc(Nc2nc(Cl)ncc2C)ccc1Br. The largest absolute Gasteiger partial charge is 0.495 e. The van der Waals surface area contributed by atoms with Gasteiger partial charge >= 0.3 is 0 Å². The summed E-state index contributed by atoms with van der Waals surface area (Å²) >= 11 is 9.18. The first-order chi connectivity index (χ1) is 8.60. The van der Waals surface area contributed by atoms with Gasteiger partial charge < -0.3 is 10.1 Å². The van der Waals surface area contributed by atoms with Gasteiger partial charge in [0.1, 0.15) is 11.6 Å². The highest BCUT2D eigenvalue weighted by molar-refractivity contribution is 9.10. The molecule has 0 aliphatic carbocycles. The number of ether oxygens (including phenoxy) is 1. The van der Waals surface area contributed by atoms with Gasteiger partial charge in [0.2, 0.25) is 5.28 Å². The van der Waals surface area contributed by atoms with E-state index >= 15 is 0 Å². The van der Waals surface area contributed by atoms with E-state index < -0.39 is 0 Å². The molecule has 0 amide bonds. The lowest BCUT2D eigenvalue weighted by atomic mass is 10.3. The van der Waals surface area contributed by atoms with Crippen molar-refractivity contribution in [1.82, 2.24) is 9.97 Å². The van der Waals surface area contributed by atoms with Gasteiger partial charge in [0, 0.05) is 23.5 Å². The van der Waals surface area contributed by atoms with E-state index in [2.05, 4.69) is 31.2 Å². The van der Waals surface area contributed by atoms with Crippen molar-refractivity contribution in [2.75, 3.05) is 12.4 Å². The number of anilines is 2. The smallest absolute Gasteiger partial charge is 0.224 e. The fraction of sp³-hybridized carbons (Fsp3) is 0.167. The summed E-state index contributed by atoms with van der Waals surface area (Å²) in [6, 6.07) is 5.70. The molecule has 2 rings (SSSR count). The van der Waals surface area contributed by atoms with Crippen LogP contribution in [0.15, 0.2) is 28.9 Å². The van der Waals surface area contributed by atoms with Crippen LogP contribution in [0, 0.1) is 6.92 Å². The topological polar surface area (TPSA) is 47.0 Å². The van der Waals surface area contributed by atoms with E-state index in [1.165, 1.54) is 0 Å². The lowest BCUT2D eigenvalue weighted by Crippen LogP contribution is -1.98. The fourth-order valence-electron chi connectivity index (χ4n) is 1.42. The summed E-state index contributed by atoms with van der Waals surface area (Å²) in [4.78, 5) is 8.05. The highest BCUT2D eigenvalue weighted by Gasteiger charge is 2.05. The molecule has 0 radical (unpaired) electrons. The standard InChI is InChI=1S/C12H11BrClN3O/c1-7-6-15-12(14)17-11(7)16-8-3-4-9(13)10(5-8)18-2/h3-6H,1-2H3,(H,15,16,17). The van der Waals surface area contributed by atoms with Gasteiger partial charge in [0.05, 0.1) is 11.6 Å². The zero-order valence-corrected chi connectivity index (χ0v) is 12.2. The molecule has 0 fully saturated rings. The number of nitrogens with one attached hydrogen (secondary N) is 1. The molecule has 0 spiro atoms. The van der Waals surface area contributed by atoms with E-state index in [0.717, 1.165) is 21.5 Å². The Kier molecular flexibility index (Phi) is 4.04. The summed E-state index contributed by atoms with van der Waals surface area (Å²) in [6.07, 6.45) is 1.67. The van der Waals surface area contributed by atoms with Crippen molar-refractivity contribution in [1.29, 1.82) is 0 Å². The van der Waals surface area contributed by atoms with Crippen molar-refractivity contribution >= 4 is 39.0 Å². The molecule has 0 aliphatic heterocycles. The van der Waals surface area contributed by atoms with E-state index in [9.17, 15) is 0 Å². The number of benzene rings is 1. The van der Waals surface area contributed by atoms with Gasteiger partial charge in [-0.05, 0) is 46.6 Å². The third-order valence-electron chi connectivity index (χ3n) is 2.36. The lowest BCUT2D eigenvalue weighted by Gasteiger charge is -2.10. The molecule has 6 heteroatoms. The molecular formula is C12H11BrClN3O. The second kappa shape index (κ2) is 5.54. The summed E-state index contributed by atoms with van der Waals surface area (Å²) in [5.74, 6) is 1.43. The van der Waals surface area contributed by atoms with Gasteiger partial charge in [-0.3, -0.25) is 0 Å². The highest BCUT2D eigenvalue weighted by Crippen LogP contribution is 2.29. The number of aryl methyl sites for hydroxylation is 1. The maximum atomic E-state index is 5.77. The summed E-state index contributed by atoms with van der Waals surface area (Å²) in [7, 11) is 1.62. The zero-order valence-electron chi connectivity index (χ0n) is 9.87. The minimum absolute atomic E-state index is 0.215. The minimum Gasteiger partial charge on any atom is -0.495 e. The predicted octanol–water partition coefficient (Wildman–Crippen LogP) is 3.95. The van der Waals surface area contributed by atoms with Crippen LogP contribution >= 0.6 is 27.5 Å². The van der Waals surface area contributed by atoms with Crippen molar-refractivity contribution in [3.63, 3.8) is 0 Å². The van der Waals surface area contributed by atoms with Crippen molar-refractivity contribution < 1.29 is 4.74 Å². The number of hydrogen-bond donors (Lipinski definition) is 1. The van der Waals surface area contributed by atoms with Gasteiger partial charge in [-0.1, -0.05) is 0 Å². The van der Waals surface area contributed by atoms with Crippen molar-refractivity contribution in [2.45, 2.75) is 6.92 Å². The number of rotatable bonds is 3. The molecule has 0 unspecified atom stereocenters. The summed E-state index contributed by atoms with van der Waals surface area (Å²) in [5, 5.41) is 3.39. The maximum Gasteiger partial charge on any atom is 0.224 e. The minimum atomic E-state index is 0.215. The Labute approximate surface area is 118 Å². The summed E-state index contributed by atoms with van der Waals surface area (Å²) < 4.78 is 6.13. The Morgan fingerprint density at radius 2 is 2.17 bits per heavy atom. The molecule has 0 saturated carbocycles. The van der Waals surface area contributed by atoms with E-state index in [1.54, 1.807) is 13.3 Å². The molecule has 2 aromatic rings. The summed E-state index contributed by atoms with van der Waals surface area (Å²) in [6.45, 7) is 1.91. The fourth-order valence-corrected chi connectivity index (χ4v) is 1.96. The van der Waals surface area contributed by atoms with Crippen LogP contribution in [-0.4, -0.2) is 17.1 Å². The van der Waals surface area contributed by atoms with Gasteiger partial charge in [-0.25, -0.2) is 9.97 Å². The quantitative estimate of drug-likeness (QED) is 0.867. The Morgan fingerprint density at radius 3 is 2.89 bits per heavy atom. The number of methoxy groups -OCH3 is 1. The van der Waals surface area contributed by atoms with Crippen LogP contribution in [0.1, 0.15) is 5.56 Å². The molecule has 0 atom stereocenters. The predicted molar refractivity (Wildman–Crippen MR) is 75.8 cm³/mol. The highest BCUT2D eigenvalue weighted by atomic mass is 79.9. The number of hydrogen-bond acceptors (Lipinski definition) is 4. The van der Waals surface area contributed by atoms with Crippen molar-refractivity contribution in [2.24, 2.45) is 0 Å². The molecule has 1 N–H and O–H groups in total. The molecular weight excluding hydrogens is 318 g/mol. The van der Waals surface area contributed by atoms with E-state index in [4.69, 9.17) is 16.3 Å². The molecule has 1 aromatic heterocycles. The first-order valence-corrected chi connectivity index (χ1v) is 6.37. The molecule has 0 saturated heterocycles. The number of aromatic nitrogens is 2. The van der Waals surface area contributed by atoms with Crippen LogP contribution < -0.4 is 10.1 Å². The summed E-state index contributed by atoms with van der Waals surface area (Å²) in [5.41, 5.74) is 1.79. The second-order valence-electron chi connectivity index (χ2n) is 3.64. The van der Waals surface area contributed by atoms with E-state index in [1.807, 2.05) is 25.1 Å². The first kappa shape index (κ1) is 13.1. The molecule has 18 heavy (non-hydrogen) atoms. The Hall–Kier alpha value is -1.33. The monoisotopic (exact) mass is 327 g/mol. The third-order valence-corrected chi connectivity index (χ3v) is 3.19. The van der Waals surface area contributed by atoms with Crippen molar-refractivity contribution in [3.8, 4) is 5.75 Å². The van der Waals surface area contributed by atoms with Crippen LogP contribution in [0.4, 0.5) is 11.5 Å². The van der Waals surface area contributed by atoms with Crippen LogP contribution in [0.25, 0.3) is 0 Å². The molecule has 1 heterocycles. The van der Waals surface area contributed by atoms with E-state index in [0.29, 0.717) is 5.82 Å². The average Bonchev–Trinajstić information content (AvgIpc) is 2.36. The molecule has 94 valence electrons. The average molecular weight is 329 g/mol. The number of halogens is 2. The van der Waals surface area contributed by atoms with Gasteiger partial charge in [-0.15, -0.1) is 0 Å². The van der Waals surface area contributed by atoms with E-state index in [-0.39, 0.29) is 5.28 Å². The first-order valence-electron chi connectivity index (χ1n) is 5.20.